The maximum atomic E-state index is 12.5. The number of anilines is 2. The van der Waals surface area contributed by atoms with Crippen molar-refractivity contribution in [3.63, 3.8) is 0 Å². The first-order valence-electron chi connectivity index (χ1n) is 9.47. The van der Waals surface area contributed by atoms with E-state index < -0.39 is 0 Å². The van der Waals surface area contributed by atoms with Gasteiger partial charge in [-0.05, 0) is 45.0 Å². The lowest BCUT2D eigenvalue weighted by molar-refractivity contribution is -0.117. The van der Waals surface area contributed by atoms with Gasteiger partial charge in [0.15, 0.2) is 0 Å². The van der Waals surface area contributed by atoms with Crippen molar-refractivity contribution in [1.29, 1.82) is 0 Å². The lowest BCUT2D eigenvalue weighted by atomic mass is 10.2. The first kappa shape index (κ1) is 21.3. The molecule has 2 aromatic rings. The molecule has 6 heteroatoms. The Bertz CT molecular complexity index is 805. The van der Waals surface area contributed by atoms with Gasteiger partial charge in [-0.3, -0.25) is 9.59 Å². The zero-order valence-corrected chi connectivity index (χ0v) is 16.9. The van der Waals surface area contributed by atoms with E-state index in [1.165, 1.54) is 6.92 Å². The Hall–Kier alpha value is -3.02. The summed E-state index contributed by atoms with van der Waals surface area (Å²) in [4.78, 5) is 26.2. The molecule has 0 unspecified atom stereocenters. The van der Waals surface area contributed by atoms with Crippen LogP contribution in [-0.4, -0.2) is 31.1 Å². The van der Waals surface area contributed by atoms with Crippen molar-refractivity contribution in [2.24, 2.45) is 0 Å². The first-order chi connectivity index (χ1) is 13.4. The molecular weight excluding hydrogens is 356 g/mol. The number of nitrogens with one attached hydrogen (secondary N) is 1. The summed E-state index contributed by atoms with van der Waals surface area (Å²) in [6.07, 6.45) is 0.150. The normalized spacial score (nSPS) is 10.5. The predicted molar refractivity (Wildman–Crippen MR) is 111 cm³/mol. The van der Waals surface area contributed by atoms with Gasteiger partial charge in [-0.25, -0.2) is 0 Å². The van der Waals surface area contributed by atoms with Crippen LogP contribution in [0.5, 0.6) is 11.5 Å². The van der Waals surface area contributed by atoms with Crippen LogP contribution in [0.1, 0.15) is 34.1 Å². The van der Waals surface area contributed by atoms with E-state index in [4.69, 9.17) is 9.47 Å². The van der Waals surface area contributed by atoms with Crippen molar-refractivity contribution in [2.45, 2.75) is 40.2 Å². The van der Waals surface area contributed by atoms with Crippen molar-refractivity contribution in [2.75, 3.05) is 23.4 Å². The van der Waals surface area contributed by atoms with E-state index in [9.17, 15) is 9.59 Å². The Balaban J connectivity index is 2.07. The van der Waals surface area contributed by atoms with Crippen LogP contribution < -0.4 is 19.7 Å². The van der Waals surface area contributed by atoms with Gasteiger partial charge in [0.25, 0.3) is 0 Å². The van der Waals surface area contributed by atoms with Crippen molar-refractivity contribution in [1.82, 2.24) is 0 Å². The van der Waals surface area contributed by atoms with Gasteiger partial charge in [-0.15, -0.1) is 0 Å². The zero-order chi connectivity index (χ0) is 20.5. The molecule has 0 fully saturated rings. The van der Waals surface area contributed by atoms with Crippen LogP contribution in [-0.2, 0) is 9.59 Å². The second-order valence-electron chi connectivity index (χ2n) is 6.53. The Morgan fingerprint density at radius 3 is 2.32 bits per heavy atom. The van der Waals surface area contributed by atoms with Crippen LogP contribution in [0.4, 0.5) is 11.4 Å². The van der Waals surface area contributed by atoms with Gasteiger partial charge in [-0.2, -0.15) is 0 Å². The third-order valence-electron chi connectivity index (χ3n) is 3.92. The van der Waals surface area contributed by atoms with Crippen molar-refractivity contribution in [3.8, 4) is 11.5 Å². The van der Waals surface area contributed by atoms with E-state index in [1.54, 1.807) is 11.0 Å². The molecule has 0 atom stereocenters. The van der Waals surface area contributed by atoms with Gasteiger partial charge in [0, 0.05) is 19.9 Å². The Labute approximate surface area is 166 Å². The fourth-order valence-electron chi connectivity index (χ4n) is 2.76. The zero-order valence-electron chi connectivity index (χ0n) is 16.9. The lowest BCUT2D eigenvalue weighted by Crippen LogP contribution is -2.32. The molecule has 28 heavy (non-hydrogen) atoms. The summed E-state index contributed by atoms with van der Waals surface area (Å²) in [5.41, 5.74) is 1.28. The molecule has 0 aromatic heterocycles. The second kappa shape index (κ2) is 10.3. The third-order valence-corrected chi connectivity index (χ3v) is 3.92. The number of nitrogens with zero attached hydrogens (tertiary/aromatic N) is 1. The Morgan fingerprint density at radius 1 is 1.04 bits per heavy atom. The lowest BCUT2D eigenvalue weighted by Gasteiger charge is -2.23. The molecule has 6 nitrogen and oxygen atoms in total. The number of carbonyl (C=O) groups is 2. The average Bonchev–Trinajstić information content (AvgIpc) is 2.64. The molecule has 0 saturated heterocycles. The van der Waals surface area contributed by atoms with E-state index in [0.717, 1.165) is 0 Å². The number of rotatable bonds is 9. The van der Waals surface area contributed by atoms with Gasteiger partial charge < -0.3 is 19.7 Å². The SMILES string of the molecule is CCOc1ccccc1N(CCC(=O)Nc1ccccc1OC(C)C)C(C)=O. The van der Waals surface area contributed by atoms with E-state index in [2.05, 4.69) is 5.32 Å². The molecule has 0 aliphatic rings. The molecule has 150 valence electrons. The summed E-state index contributed by atoms with van der Waals surface area (Å²) in [6, 6.07) is 14.6. The van der Waals surface area contributed by atoms with Crippen LogP contribution >= 0.6 is 0 Å². The molecule has 0 spiro atoms. The minimum atomic E-state index is -0.194. The van der Waals surface area contributed by atoms with E-state index in [-0.39, 0.29) is 30.9 Å². The molecule has 0 heterocycles. The average molecular weight is 384 g/mol. The topological polar surface area (TPSA) is 67.9 Å². The molecule has 2 aromatic carbocycles. The summed E-state index contributed by atoms with van der Waals surface area (Å²) in [7, 11) is 0. The van der Waals surface area contributed by atoms with Crippen LogP contribution in [0.2, 0.25) is 0 Å². The van der Waals surface area contributed by atoms with Gasteiger partial charge in [0.05, 0.1) is 24.1 Å². The smallest absolute Gasteiger partial charge is 0.226 e. The molecule has 0 radical (unpaired) electrons. The first-order valence-corrected chi connectivity index (χ1v) is 9.47. The summed E-state index contributed by atoms with van der Waals surface area (Å²) >= 11 is 0. The number of ether oxygens (including phenoxy) is 2. The summed E-state index contributed by atoms with van der Waals surface area (Å²) in [5, 5.41) is 2.87. The molecule has 0 aliphatic heterocycles. The highest BCUT2D eigenvalue weighted by atomic mass is 16.5. The van der Waals surface area contributed by atoms with Crippen LogP contribution in [0.3, 0.4) is 0 Å². The molecule has 0 saturated carbocycles. The molecular formula is C22H28N2O4. The number of carbonyl (C=O) groups excluding carboxylic acids is 2. The standard InChI is InChI=1S/C22H28N2O4/c1-5-27-21-13-9-7-11-19(21)24(17(4)25)15-14-22(26)23-18-10-6-8-12-20(18)28-16(2)3/h6-13,16H,5,14-15H2,1-4H3,(H,23,26). The van der Waals surface area contributed by atoms with Crippen molar-refractivity contribution >= 4 is 23.2 Å². The minimum absolute atomic E-state index is 0.00123. The van der Waals surface area contributed by atoms with Crippen LogP contribution in [0, 0.1) is 0 Å². The number of para-hydroxylation sites is 4. The van der Waals surface area contributed by atoms with Gasteiger partial charge in [-0.1, -0.05) is 24.3 Å². The minimum Gasteiger partial charge on any atom is -0.492 e. The van der Waals surface area contributed by atoms with Crippen LogP contribution in [0.25, 0.3) is 0 Å². The quantitative estimate of drug-likeness (QED) is 0.702. The second-order valence-corrected chi connectivity index (χ2v) is 6.53. The molecule has 0 aliphatic carbocycles. The summed E-state index contributed by atoms with van der Waals surface area (Å²) < 4.78 is 11.3. The number of hydrogen-bond donors (Lipinski definition) is 1. The highest BCUT2D eigenvalue weighted by Crippen LogP contribution is 2.29. The number of amides is 2. The van der Waals surface area contributed by atoms with E-state index in [0.29, 0.717) is 29.5 Å². The largest absolute Gasteiger partial charge is 0.492 e. The van der Waals surface area contributed by atoms with E-state index in [1.807, 2.05) is 63.2 Å². The van der Waals surface area contributed by atoms with E-state index >= 15 is 0 Å². The summed E-state index contributed by atoms with van der Waals surface area (Å²) in [5.74, 6) is 0.899. The van der Waals surface area contributed by atoms with Crippen molar-refractivity contribution in [3.05, 3.63) is 48.5 Å². The Morgan fingerprint density at radius 2 is 1.68 bits per heavy atom. The highest BCUT2D eigenvalue weighted by molar-refractivity contribution is 5.96. The van der Waals surface area contributed by atoms with Crippen LogP contribution in [0.15, 0.2) is 48.5 Å². The monoisotopic (exact) mass is 384 g/mol. The maximum Gasteiger partial charge on any atom is 0.226 e. The molecule has 0 bridgehead atoms. The van der Waals surface area contributed by atoms with Gasteiger partial charge >= 0.3 is 0 Å². The third kappa shape index (κ3) is 6.01. The molecule has 1 N–H and O–H groups in total. The number of benzene rings is 2. The maximum absolute atomic E-state index is 12.5. The highest BCUT2D eigenvalue weighted by Gasteiger charge is 2.18. The number of hydrogen-bond acceptors (Lipinski definition) is 4. The summed E-state index contributed by atoms with van der Waals surface area (Å²) in [6.45, 7) is 7.97. The Kier molecular flexibility index (Phi) is 7.87. The molecule has 2 amide bonds. The predicted octanol–water partition coefficient (Wildman–Crippen LogP) is 4.25. The van der Waals surface area contributed by atoms with Gasteiger partial charge in [0.2, 0.25) is 11.8 Å². The fraction of sp³-hybridized carbons (Fsp3) is 0.364. The van der Waals surface area contributed by atoms with Gasteiger partial charge in [0.1, 0.15) is 11.5 Å². The fourth-order valence-corrected chi connectivity index (χ4v) is 2.76. The van der Waals surface area contributed by atoms with Crippen molar-refractivity contribution < 1.29 is 19.1 Å². The molecule has 2 rings (SSSR count).